The highest BCUT2D eigenvalue weighted by atomic mass is 35.5. The lowest BCUT2D eigenvalue weighted by atomic mass is 10.2. The average molecular weight is 323 g/mol. The van der Waals surface area contributed by atoms with E-state index in [0.29, 0.717) is 0 Å². The summed E-state index contributed by atoms with van der Waals surface area (Å²) in [6.45, 7) is 1.17. The number of carbonyl (C=O) groups excluding carboxylic acids is 2. The van der Waals surface area contributed by atoms with Crippen molar-refractivity contribution in [3.05, 3.63) is 58.6 Å². The van der Waals surface area contributed by atoms with Crippen molar-refractivity contribution >= 4 is 29.2 Å². The first kappa shape index (κ1) is 15.9. The van der Waals surface area contributed by atoms with E-state index >= 15 is 0 Å². The van der Waals surface area contributed by atoms with Crippen LogP contribution in [0.2, 0.25) is 5.15 Å². The third-order valence-electron chi connectivity index (χ3n) is 2.71. The fourth-order valence-electron chi connectivity index (χ4n) is 1.65. The number of aryl methyl sites for hydroxylation is 1. The van der Waals surface area contributed by atoms with Crippen LogP contribution in [0.15, 0.2) is 36.5 Å². The monoisotopic (exact) mass is 322 g/mol. The molecule has 0 fully saturated rings. The number of esters is 1. The largest absolute Gasteiger partial charge is 0.452 e. The summed E-state index contributed by atoms with van der Waals surface area (Å²) >= 11 is 5.74. The van der Waals surface area contributed by atoms with E-state index in [-0.39, 0.29) is 16.4 Å². The van der Waals surface area contributed by atoms with Crippen LogP contribution in [-0.4, -0.2) is 23.5 Å². The van der Waals surface area contributed by atoms with Crippen molar-refractivity contribution in [2.24, 2.45) is 0 Å². The molecule has 1 aromatic heterocycles. The van der Waals surface area contributed by atoms with E-state index in [9.17, 15) is 14.0 Å². The fraction of sp³-hybridized carbons (Fsp3) is 0.133. The van der Waals surface area contributed by atoms with Crippen LogP contribution in [0, 0.1) is 12.7 Å². The molecule has 0 saturated heterocycles. The molecule has 0 unspecified atom stereocenters. The van der Waals surface area contributed by atoms with E-state index in [0.717, 1.165) is 5.56 Å². The Hall–Kier alpha value is -2.47. The van der Waals surface area contributed by atoms with E-state index in [1.54, 1.807) is 13.0 Å². The van der Waals surface area contributed by atoms with Gasteiger partial charge in [-0.15, -0.1) is 0 Å². The average Bonchev–Trinajstić information content (AvgIpc) is 2.48. The normalized spacial score (nSPS) is 10.1. The van der Waals surface area contributed by atoms with Gasteiger partial charge in [-0.25, -0.2) is 14.2 Å². The minimum Gasteiger partial charge on any atom is -0.452 e. The molecule has 2 aromatic rings. The molecule has 1 aromatic carbocycles. The van der Waals surface area contributed by atoms with Gasteiger partial charge in [0, 0.05) is 6.20 Å². The smallest absolute Gasteiger partial charge is 0.341 e. The summed E-state index contributed by atoms with van der Waals surface area (Å²) in [6.07, 6.45) is 1.42. The van der Waals surface area contributed by atoms with Crippen LogP contribution in [0.25, 0.3) is 0 Å². The zero-order valence-electron chi connectivity index (χ0n) is 11.6. The maximum absolute atomic E-state index is 13.6. The van der Waals surface area contributed by atoms with Gasteiger partial charge in [0.25, 0.3) is 5.91 Å². The SMILES string of the molecule is Cc1ccc(NC(=O)COC(=O)c2cccnc2Cl)c(F)c1. The molecule has 22 heavy (non-hydrogen) atoms. The predicted octanol–water partition coefficient (Wildman–Crippen LogP) is 2.98. The summed E-state index contributed by atoms with van der Waals surface area (Å²) in [5, 5.41) is 2.30. The standard InChI is InChI=1S/C15H12ClFN2O3/c1-9-4-5-12(11(17)7-9)19-13(20)8-22-15(21)10-3-2-6-18-14(10)16/h2-7H,8H2,1H3,(H,19,20). The quantitative estimate of drug-likeness (QED) is 0.694. The first-order valence-corrected chi connectivity index (χ1v) is 6.69. The van der Waals surface area contributed by atoms with Crippen LogP contribution in [0.4, 0.5) is 10.1 Å². The highest BCUT2D eigenvalue weighted by molar-refractivity contribution is 6.32. The van der Waals surface area contributed by atoms with Gasteiger partial charge in [-0.3, -0.25) is 4.79 Å². The Morgan fingerprint density at radius 2 is 2.14 bits per heavy atom. The lowest BCUT2D eigenvalue weighted by molar-refractivity contribution is -0.119. The number of nitrogens with zero attached hydrogens (tertiary/aromatic N) is 1. The second-order valence-electron chi connectivity index (χ2n) is 4.45. The highest BCUT2D eigenvalue weighted by Crippen LogP contribution is 2.15. The number of aromatic nitrogens is 1. The van der Waals surface area contributed by atoms with Gasteiger partial charge in [-0.2, -0.15) is 0 Å². The van der Waals surface area contributed by atoms with Crippen LogP contribution in [0.1, 0.15) is 15.9 Å². The number of hydrogen-bond donors (Lipinski definition) is 1. The van der Waals surface area contributed by atoms with Gasteiger partial charge in [0.15, 0.2) is 6.61 Å². The van der Waals surface area contributed by atoms with Crippen molar-refractivity contribution in [1.29, 1.82) is 0 Å². The molecule has 2 rings (SSSR count). The molecule has 5 nitrogen and oxygen atoms in total. The summed E-state index contributed by atoms with van der Waals surface area (Å²) in [4.78, 5) is 27.1. The number of pyridine rings is 1. The number of rotatable bonds is 4. The molecule has 0 radical (unpaired) electrons. The van der Waals surface area contributed by atoms with Gasteiger partial charge in [-0.05, 0) is 36.8 Å². The third kappa shape index (κ3) is 4.02. The predicted molar refractivity (Wildman–Crippen MR) is 79.3 cm³/mol. The zero-order chi connectivity index (χ0) is 16.1. The summed E-state index contributed by atoms with van der Waals surface area (Å²) in [5.41, 5.74) is 0.803. The molecule has 0 bridgehead atoms. The number of halogens is 2. The molecule has 114 valence electrons. The maximum atomic E-state index is 13.6. The molecular formula is C15H12ClFN2O3. The van der Waals surface area contributed by atoms with Crippen molar-refractivity contribution in [2.45, 2.75) is 6.92 Å². The first-order chi connectivity index (χ1) is 10.5. The number of benzene rings is 1. The molecule has 0 spiro atoms. The number of amides is 1. The van der Waals surface area contributed by atoms with E-state index in [1.807, 2.05) is 0 Å². The molecule has 0 aliphatic carbocycles. The summed E-state index contributed by atoms with van der Waals surface area (Å²) in [5.74, 6) is -2.00. The molecule has 1 heterocycles. The number of carbonyl (C=O) groups is 2. The number of ether oxygens (including phenoxy) is 1. The summed E-state index contributed by atoms with van der Waals surface area (Å²) in [7, 11) is 0. The van der Waals surface area contributed by atoms with E-state index in [1.165, 1.54) is 30.5 Å². The van der Waals surface area contributed by atoms with Crippen LogP contribution < -0.4 is 5.32 Å². The van der Waals surface area contributed by atoms with Crippen molar-refractivity contribution < 1.29 is 18.7 Å². The van der Waals surface area contributed by atoms with Crippen LogP contribution in [-0.2, 0) is 9.53 Å². The molecule has 0 aliphatic heterocycles. The Morgan fingerprint density at radius 1 is 1.36 bits per heavy atom. The molecule has 1 N–H and O–H groups in total. The Morgan fingerprint density at radius 3 is 2.82 bits per heavy atom. The van der Waals surface area contributed by atoms with E-state index in [4.69, 9.17) is 16.3 Å². The molecule has 0 atom stereocenters. The van der Waals surface area contributed by atoms with Gasteiger partial charge >= 0.3 is 5.97 Å². The maximum Gasteiger partial charge on any atom is 0.341 e. The van der Waals surface area contributed by atoms with Gasteiger partial charge < -0.3 is 10.1 Å². The lowest BCUT2D eigenvalue weighted by Crippen LogP contribution is -2.21. The van der Waals surface area contributed by atoms with Crippen molar-refractivity contribution in [1.82, 2.24) is 4.98 Å². The Kier molecular flexibility index (Phi) is 5.06. The fourth-order valence-corrected chi connectivity index (χ4v) is 1.85. The number of anilines is 1. The number of hydrogen-bond acceptors (Lipinski definition) is 4. The Bertz CT molecular complexity index is 722. The van der Waals surface area contributed by atoms with Crippen LogP contribution in [0.5, 0.6) is 0 Å². The summed E-state index contributed by atoms with van der Waals surface area (Å²) in [6, 6.07) is 7.32. The van der Waals surface area contributed by atoms with Gasteiger partial charge in [-0.1, -0.05) is 17.7 Å². The van der Waals surface area contributed by atoms with Crippen molar-refractivity contribution in [3.8, 4) is 0 Å². The zero-order valence-corrected chi connectivity index (χ0v) is 12.4. The molecule has 0 saturated carbocycles. The van der Waals surface area contributed by atoms with Crippen molar-refractivity contribution in [3.63, 3.8) is 0 Å². The highest BCUT2D eigenvalue weighted by Gasteiger charge is 2.14. The molecule has 0 aliphatic rings. The van der Waals surface area contributed by atoms with Crippen LogP contribution >= 0.6 is 11.6 Å². The van der Waals surface area contributed by atoms with Gasteiger partial charge in [0.2, 0.25) is 0 Å². The number of nitrogens with one attached hydrogen (secondary N) is 1. The van der Waals surface area contributed by atoms with Gasteiger partial charge in [0.05, 0.1) is 11.3 Å². The molecular weight excluding hydrogens is 311 g/mol. The second kappa shape index (κ2) is 7.00. The van der Waals surface area contributed by atoms with Crippen LogP contribution in [0.3, 0.4) is 0 Å². The molecule has 7 heteroatoms. The first-order valence-electron chi connectivity index (χ1n) is 6.31. The topological polar surface area (TPSA) is 68.3 Å². The van der Waals surface area contributed by atoms with Gasteiger partial charge in [0.1, 0.15) is 11.0 Å². The Balaban J connectivity index is 1.93. The minimum absolute atomic E-state index is 0.0162. The third-order valence-corrected chi connectivity index (χ3v) is 3.01. The minimum atomic E-state index is -0.780. The Labute approximate surface area is 131 Å². The second-order valence-corrected chi connectivity index (χ2v) is 4.81. The van der Waals surface area contributed by atoms with Crippen molar-refractivity contribution in [2.75, 3.05) is 11.9 Å². The lowest BCUT2D eigenvalue weighted by Gasteiger charge is -2.08. The molecule has 1 amide bonds. The van der Waals surface area contributed by atoms with E-state index in [2.05, 4.69) is 10.3 Å². The summed E-state index contributed by atoms with van der Waals surface area (Å²) < 4.78 is 18.4. The van der Waals surface area contributed by atoms with E-state index < -0.39 is 24.3 Å².